The van der Waals surface area contributed by atoms with Crippen LogP contribution in [0.4, 0.5) is 0 Å². The van der Waals surface area contributed by atoms with Gasteiger partial charge in [-0.05, 0) is 103 Å². The van der Waals surface area contributed by atoms with E-state index in [2.05, 4.69) is 113 Å². The third kappa shape index (κ3) is 76.4. The normalized spacial score (nSPS) is 14.3. The second-order valence-electron chi connectivity index (χ2n) is 28.1. The van der Waals surface area contributed by atoms with Crippen LogP contribution in [0.5, 0.6) is 0 Å². The van der Waals surface area contributed by atoms with Crippen molar-refractivity contribution in [1.29, 1.82) is 0 Å². The van der Waals surface area contributed by atoms with Gasteiger partial charge in [-0.1, -0.05) is 331 Å². The predicted octanol–water partition coefficient (Wildman–Crippen LogP) is 24.6. The molecule has 2 unspecified atom stereocenters. The first-order valence-electron chi connectivity index (χ1n) is 41.8. The smallest absolute Gasteiger partial charge is 0.462 e. The summed E-state index contributed by atoms with van der Waals surface area (Å²) in [6.07, 6.45) is 81.2. The molecule has 0 aliphatic rings. The molecule has 0 aliphatic carbocycles. The van der Waals surface area contributed by atoms with Gasteiger partial charge in [0, 0.05) is 25.7 Å². The maximum Gasteiger partial charge on any atom is 0.472 e. The number of phosphoric ester groups is 2. The molecule has 0 radical (unpaired) electrons. The van der Waals surface area contributed by atoms with E-state index in [0.717, 1.165) is 141 Å². The van der Waals surface area contributed by atoms with Gasteiger partial charge in [-0.15, -0.1) is 0 Å². The third-order valence-electron chi connectivity index (χ3n) is 17.9. The van der Waals surface area contributed by atoms with Crippen LogP contribution in [0.25, 0.3) is 0 Å². The summed E-state index contributed by atoms with van der Waals surface area (Å²) in [4.78, 5) is 73.1. The van der Waals surface area contributed by atoms with Gasteiger partial charge in [0.05, 0.1) is 26.4 Å². The van der Waals surface area contributed by atoms with Crippen LogP contribution in [0.2, 0.25) is 0 Å². The Morgan fingerprint density at radius 2 is 0.500 bits per heavy atom. The Hall–Kier alpha value is -3.76. The zero-order valence-electron chi connectivity index (χ0n) is 66.2. The van der Waals surface area contributed by atoms with Crippen LogP contribution < -0.4 is 0 Å². The monoisotopic (exact) mass is 1510 g/mol. The number of rotatable bonds is 79. The number of carbonyl (C=O) groups is 4. The summed E-state index contributed by atoms with van der Waals surface area (Å²) in [5, 5.41) is 10.7. The number of carbonyl (C=O) groups excluding carboxylic acids is 4. The minimum atomic E-state index is -4.99. The highest BCUT2D eigenvalue weighted by molar-refractivity contribution is 7.47. The molecule has 0 amide bonds. The van der Waals surface area contributed by atoms with Gasteiger partial charge in [-0.3, -0.25) is 37.3 Å². The van der Waals surface area contributed by atoms with Crippen LogP contribution in [0.3, 0.4) is 0 Å². The van der Waals surface area contributed by atoms with E-state index in [1.165, 1.54) is 154 Å². The first-order valence-corrected chi connectivity index (χ1v) is 44.8. The molecule has 19 heteroatoms. The Morgan fingerprint density at radius 3 is 0.798 bits per heavy atom. The van der Waals surface area contributed by atoms with E-state index in [1.807, 2.05) is 0 Å². The highest BCUT2D eigenvalue weighted by Gasteiger charge is 2.30. The van der Waals surface area contributed by atoms with E-state index in [4.69, 9.17) is 37.0 Å². The topological polar surface area (TPSA) is 237 Å². The van der Waals surface area contributed by atoms with Gasteiger partial charge in [-0.25, -0.2) is 9.13 Å². The maximum absolute atomic E-state index is 13.1. The van der Waals surface area contributed by atoms with Crippen molar-refractivity contribution in [2.24, 2.45) is 0 Å². The summed E-state index contributed by atoms with van der Waals surface area (Å²) in [5.74, 6) is -2.19. The van der Waals surface area contributed by atoms with Crippen LogP contribution in [0.15, 0.2) is 85.1 Å². The summed E-state index contributed by atoms with van der Waals surface area (Å²) < 4.78 is 68.7. The molecule has 0 saturated carbocycles. The van der Waals surface area contributed by atoms with Crippen molar-refractivity contribution in [1.82, 2.24) is 0 Å². The van der Waals surface area contributed by atoms with Crippen molar-refractivity contribution >= 4 is 39.5 Å². The molecule has 104 heavy (non-hydrogen) atoms. The van der Waals surface area contributed by atoms with Crippen molar-refractivity contribution in [3.05, 3.63) is 85.1 Å². The van der Waals surface area contributed by atoms with E-state index in [1.54, 1.807) is 0 Å². The quantitative estimate of drug-likeness (QED) is 0.0169. The Bertz CT molecular complexity index is 2300. The number of aliphatic hydroxyl groups excluding tert-OH is 1. The van der Waals surface area contributed by atoms with E-state index < -0.39 is 97.5 Å². The zero-order valence-corrected chi connectivity index (χ0v) is 68.0. The average molecular weight is 1510 g/mol. The van der Waals surface area contributed by atoms with E-state index in [0.29, 0.717) is 25.7 Å². The molecule has 3 N–H and O–H groups in total. The Labute approximate surface area is 634 Å². The number of hydrogen-bond donors (Lipinski definition) is 3. The summed E-state index contributed by atoms with van der Waals surface area (Å²) in [6, 6.07) is 0. The summed E-state index contributed by atoms with van der Waals surface area (Å²) >= 11 is 0. The van der Waals surface area contributed by atoms with Crippen LogP contribution in [-0.2, 0) is 65.4 Å². The van der Waals surface area contributed by atoms with Crippen LogP contribution in [0, 0.1) is 0 Å². The molecule has 0 heterocycles. The molecule has 0 aromatic heterocycles. The second-order valence-corrected chi connectivity index (χ2v) is 31.0. The lowest BCUT2D eigenvalue weighted by Crippen LogP contribution is -2.30. The number of hydrogen-bond acceptors (Lipinski definition) is 15. The molecule has 0 rings (SSSR count). The molecular weight excluding hydrogens is 1350 g/mol. The molecule has 17 nitrogen and oxygen atoms in total. The standard InChI is InChI=1S/C85H152O17P2/c1-5-9-13-17-21-25-29-33-37-38-39-40-44-46-50-54-58-62-66-70-83(88)96-76-81(102-85(90)72-68-64-60-56-52-48-43-36-32-28-24-20-16-12-8-4)78-100-104(93,94)98-74-79(86)73-97-103(91,92)99-77-80(101-84(89)71-67-63-59-55-51-47-42-35-31-27-23-19-15-11-7-3)75-95-82(87)69-65-61-57-53-49-45-41-34-30-26-22-18-14-10-6-2/h9,13,21,24-25,28,33,36-37,39-40,43,46,50,79-81,86H,5-8,10-12,14-20,22-23,26-27,29-32,34-35,38,41-42,44-45,47-49,51-78H2,1-4H3,(H,91,92)(H,93,94)/b13-9-,25-21-,28-24-,37-33-,40-39-,43-36-,50-46-/t79-,80+,81+/m0/s1. The van der Waals surface area contributed by atoms with Crippen molar-refractivity contribution in [3.63, 3.8) is 0 Å². The Kier molecular flexibility index (Phi) is 74.6. The predicted molar refractivity (Wildman–Crippen MR) is 427 cm³/mol. The van der Waals surface area contributed by atoms with Crippen molar-refractivity contribution in [2.75, 3.05) is 39.6 Å². The number of unbranched alkanes of at least 4 members (excludes halogenated alkanes) is 39. The van der Waals surface area contributed by atoms with Crippen LogP contribution in [-0.4, -0.2) is 96.7 Å². The fourth-order valence-corrected chi connectivity index (χ4v) is 13.1. The molecule has 0 bridgehead atoms. The molecule has 5 atom stereocenters. The van der Waals surface area contributed by atoms with E-state index in [9.17, 15) is 43.2 Å². The number of phosphoric acid groups is 2. The van der Waals surface area contributed by atoms with Gasteiger partial charge in [0.1, 0.15) is 19.3 Å². The largest absolute Gasteiger partial charge is 0.472 e. The first kappa shape index (κ1) is 100. The molecule has 604 valence electrons. The van der Waals surface area contributed by atoms with Crippen LogP contribution in [0.1, 0.15) is 374 Å². The van der Waals surface area contributed by atoms with Crippen molar-refractivity contribution in [2.45, 2.75) is 393 Å². The van der Waals surface area contributed by atoms with Crippen molar-refractivity contribution in [3.8, 4) is 0 Å². The number of aliphatic hydroxyl groups is 1. The van der Waals surface area contributed by atoms with Gasteiger partial charge >= 0.3 is 39.5 Å². The Balaban J connectivity index is 5.37. The molecule has 0 fully saturated rings. The van der Waals surface area contributed by atoms with Gasteiger partial charge in [-0.2, -0.15) is 0 Å². The van der Waals surface area contributed by atoms with E-state index in [-0.39, 0.29) is 25.7 Å². The SMILES string of the molecule is CC/C=C\C/C=C\C/C=C\C/C=C\C/C=C\CCCCCC(=O)OC[C@H](COP(=O)(O)OC[C@@H](O)COP(=O)(O)OC[C@@H](COC(=O)CCCCCCCCCCCCCCCCC)OC(=O)CCCCCCCCCCCCCCCCC)OC(=O)CCCCCCC/C=C\C/C=C\CCCCC. The summed E-state index contributed by atoms with van der Waals surface area (Å²) in [6.45, 7) is 4.77. The van der Waals surface area contributed by atoms with Gasteiger partial charge in [0.25, 0.3) is 0 Å². The molecule has 0 aromatic carbocycles. The summed E-state index contributed by atoms with van der Waals surface area (Å²) in [5.41, 5.74) is 0. The minimum Gasteiger partial charge on any atom is -0.462 e. The first-order chi connectivity index (χ1) is 50.7. The molecule has 0 aromatic rings. The fraction of sp³-hybridized carbons (Fsp3) is 0.788. The van der Waals surface area contributed by atoms with Gasteiger partial charge in [0.15, 0.2) is 12.2 Å². The molecular formula is C85H152O17P2. The molecule has 0 saturated heterocycles. The number of esters is 4. The zero-order chi connectivity index (χ0) is 76.0. The fourth-order valence-electron chi connectivity index (χ4n) is 11.5. The highest BCUT2D eigenvalue weighted by atomic mass is 31.2. The van der Waals surface area contributed by atoms with E-state index >= 15 is 0 Å². The highest BCUT2D eigenvalue weighted by Crippen LogP contribution is 2.45. The molecule has 0 aliphatic heterocycles. The Morgan fingerprint density at radius 1 is 0.279 bits per heavy atom. The number of ether oxygens (including phenoxy) is 4. The lowest BCUT2D eigenvalue weighted by atomic mass is 10.0. The molecule has 0 spiro atoms. The minimum absolute atomic E-state index is 0.0726. The van der Waals surface area contributed by atoms with Crippen molar-refractivity contribution < 1.29 is 80.2 Å². The average Bonchev–Trinajstić information content (AvgIpc) is 0.918. The van der Waals surface area contributed by atoms with Gasteiger partial charge in [0.2, 0.25) is 0 Å². The van der Waals surface area contributed by atoms with Crippen LogP contribution >= 0.6 is 15.6 Å². The summed E-state index contributed by atoms with van der Waals surface area (Å²) in [7, 11) is -9.96. The maximum atomic E-state index is 13.1. The lowest BCUT2D eigenvalue weighted by molar-refractivity contribution is -0.161. The third-order valence-corrected chi connectivity index (χ3v) is 19.8. The lowest BCUT2D eigenvalue weighted by Gasteiger charge is -2.21. The van der Waals surface area contributed by atoms with Gasteiger partial charge < -0.3 is 33.8 Å². The second kappa shape index (κ2) is 77.4. The number of allylic oxidation sites excluding steroid dienone is 14.